The van der Waals surface area contributed by atoms with Gasteiger partial charge in [-0.3, -0.25) is 5.10 Å². The largest absolute Gasteiger partial charge is 0.388 e. The third-order valence-electron chi connectivity index (χ3n) is 5.33. The van der Waals surface area contributed by atoms with E-state index in [-0.39, 0.29) is 0 Å². The van der Waals surface area contributed by atoms with Crippen LogP contribution in [0.3, 0.4) is 0 Å². The number of benzene rings is 1. The first-order valence-electron chi connectivity index (χ1n) is 9.99. The number of aromatic nitrogens is 4. The number of anilines is 1. The Kier molecular flexibility index (Phi) is 4.93. The van der Waals surface area contributed by atoms with Crippen molar-refractivity contribution in [2.75, 3.05) is 31.2 Å². The molecule has 0 amide bonds. The van der Waals surface area contributed by atoms with E-state index < -0.39 is 0 Å². The minimum Gasteiger partial charge on any atom is -0.388 e. The lowest BCUT2D eigenvalue weighted by atomic mass is 10.0. The van der Waals surface area contributed by atoms with Crippen LogP contribution in [0.4, 0.5) is 5.82 Å². The van der Waals surface area contributed by atoms with Crippen molar-refractivity contribution in [3.05, 3.63) is 66.8 Å². The molecule has 5 rings (SSSR count). The Bertz CT molecular complexity index is 1220. The standard InChI is InChI=1S/C22H22N8O/c1-15-2-3-17(12-30(15)26-13-23)16-4-5-19-18(10-16)22(28-27-19)20-11-21(25-14-24-20)29-6-8-31-9-7-29/h2-5,10-14H,1,6-9H2,(H2,23,26)(H,27,28). The van der Waals surface area contributed by atoms with E-state index >= 15 is 0 Å². The number of H-pyrrole nitrogens is 1. The van der Waals surface area contributed by atoms with Gasteiger partial charge in [-0.2, -0.15) is 10.2 Å². The topological polar surface area (TPSA) is 109 Å². The van der Waals surface area contributed by atoms with Gasteiger partial charge in [0.05, 0.1) is 30.1 Å². The first-order valence-corrected chi connectivity index (χ1v) is 9.99. The number of hydrogen-bond donors (Lipinski definition) is 2. The molecule has 4 heterocycles. The average Bonchev–Trinajstić information content (AvgIpc) is 3.25. The van der Waals surface area contributed by atoms with E-state index in [1.807, 2.05) is 36.6 Å². The van der Waals surface area contributed by atoms with Crippen LogP contribution in [-0.4, -0.2) is 57.8 Å². The Balaban J connectivity index is 1.52. The van der Waals surface area contributed by atoms with Crippen LogP contribution < -0.4 is 10.6 Å². The fourth-order valence-electron chi connectivity index (χ4n) is 3.70. The second kappa shape index (κ2) is 8.04. The number of hydrogen-bond acceptors (Lipinski definition) is 7. The van der Waals surface area contributed by atoms with Gasteiger partial charge in [-0.1, -0.05) is 18.7 Å². The van der Waals surface area contributed by atoms with Crippen molar-refractivity contribution < 1.29 is 4.74 Å². The number of hydrazone groups is 1. The summed E-state index contributed by atoms with van der Waals surface area (Å²) in [6, 6.07) is 8.13. The van der Waals surface area contributed by atoms with Gasteiger partial charge >= 0.3 is 0 Å². The van der Waals surface area contributed by atoms with E-state index in [1.165, 1.54) is 6.34 Å². The van der Waals surface area contributed by atoms with Gasteiger partial charge in [-0.15, -0.1) is 0 Å². The number of ether oxygens (including phenoxy) is 1. The Labute approximate surface area is 179 Å². The highest BCUT2D eigenvalue weighted by Crippen LogP contribution is 2.31. The molecule has 9 heteroatoms. The predicted molar refractivity (Wildman–Crippen MR) is 121 cm³/mol. The summed E-state index contributed by atoms with van der Waals surface area (Å²) in [7, 11) is 0. The van der Waals surface area contributed by atoms with Crippen molar-refractivity contribution in [2.45, 2.75) is 0 Å². The molecule has 0 radical (unpaired) electrons. The van der Waals surface area contributed by atoms with Gasteiger partial charge in [-0.25, -0.2) is 15.0 Å². The summed E-state index contributed by atoms with van der Waals surface area (Å²) in [5.41, 5.74) is 10.7. The van der Waals surface area contributed by atoms with E-state index in [9.17, 15) is 0 Å². The molecule has 1 aromatic carbocycles. The van der Waals surface area contributed by atoms with Gasteiger partial charge in [0.25, 0.3) is 0 Å². The van der Waals surface area contributed by atoms with Crippen LogP contribution >= 0.6 is 0 Å². The molecule has 0 aliphatic carbocycles. The molecule has 1 fully saturated rings. The molecule has 31 heavy (non-hydrogen) atoms. The Morgan fingerprint density at radius 1 is 1.16 bits per heavy atom. The predicted octanol–water partition coefficient (Wildman–Crippen LogP) is 2.48. The summed E-state index contributed by atoms with van der Waals surface area (Å²) in [6.45, 7) is 7.00. The van der Waals surface area contributed by atoms with Gasteiger partial charge in [0.2, 0.25) is 0 Å². The van der Waals surface area contributed by atoms with Crippen LogP contribution in [0.15, 0.2) is 66.3 Å². The quantitative estimate of drug-likeness (QED) is 0.499. The minimum absolute atomic E-state index is 0.703. The number of allylic oxidation sites excluding steroid dienone is 3. The SMILES string of the molecule is C=C1C=CC(c2ccc3[nH]nc(-c4cc(N5CCOCC5)ncn4)c3c2)=CN1/N=C\N. The fourth-order valence-corrected chi connectivity index (χ4v) is 3.70. The molecule has 0 spiro atoms. The molecule has 2 aliphatic rings. The molecule has 2 aliphatic heterocycles. The molecule has 0 saturated carbocycles. The number of nitrogens with one attached hydrogen (secondary N) is 1. The lowest BCUT2D eigenvalue weighted by Gasteiger charge is -2.27. The van der Waals surface area contributed by atoms with E-state index in [1.54, 1.807) is 11.3 Å². The molecule has 1 saturated heterocycles. The third kappa shape index (κ3) is 3.66. The summed E-state index contributed by atoms with van der Waals surface area (Å²) in [6.07, 6.45) is 8.64. The maximum Gasteiger partial charge on any atom is 0.132 e. The summed E-state index contributed by atoms with van der Waals surface area (Å²) in [4.78, 5) is 11.1. The summed E-state index contributed by atoms with van der Waals surface area (Å²) < 4.78 is 5.44. The van der Waals surface area contributed by atoms with E-state index in [4.69, 9.17) is 10.5 Å². The molecule has 0 bridgehead atoms. The molecule has 2 aromatic heterocycles. The van der Waals surface area contributed by atoms with Crippen LogP contribution in [0, 0.1) is 0 Å². The first kappa shape index (κ1) is 19.0. The Hall–Kier alpha value is -3.98. The molecule has 0 unspecified atom stereocenters. The van der Waals surface area contributed by atoms with Gasteiger partial charge in [0.15, 0.2) is 0 Å². The van der Waals surface area contributed by atoms with Crippen molar-refractivity contribution in [3.8, 4) is 11.4 Å². The summed E-state index contributed by atoms with van der Waals surface area (Å²) in [5, 5.41) is 14.4. The van der Waals surface area contributed by atoms with Gasteiger partial charge in [-0.05, 0) is 23.8 Å². The zero-order valence-corrected chi connectivity index (χ0v) is 16.9. The summed E-state index contributed by atoms with van der Waals surface area (Å²) >= 11 is 0. The molecule has 3 aromatic rings. The number of aromatic amines is 1. The fraction of sp³-hybridized carbons (Fsp3) is 0.182. The van der Waals surface area contributed by atoms with Gasteiger partial charge < -0.3 is 15.4 Å². The highest BCUT2D eigenvalue weighted by atomic mass is 16.5. The number of fused-ring (bicyclic) bond motifs is 1. The third-order valence-corrected chi connectivity index (χ3v) is 5.33. The molecule has 9 nitrogen and oxygen atoms in total. The van der Waals surface area contributed by atoms with E-state index in [0.717, 1.165) is 58.0 Å². The first-order chi connectivity index (χ1) is 15.2. The zero-order chi connectivity index (χ0) is 21.2. The normalized spacial score (nSPS) is 17.0. The van der Waals surface area contributed by atoms with Crippen LogP contribution in [0.2, 0.25) is 0 Å². The summed E-state index contributed by atoms with van der Waals surface area (Å²) in [5.74, 6) is 0.882. The second-order valence-corrected chi connectivity index (χ2v) is 7.21. The van der Waals surface area contributed by atoms with E-state index in [0.29, 0.717) is 13.2 Å². The molecule has 0 atom stereocenters. The zero-order valence-electron chi connectivity index (χ0n) is 16.9. The minimum atomic E-state index is 0.703. The molecule has 156 valence electrons. The van der Waals surface area contributed by atoms with Crippen molar-refractivity contribution in [2.24, 2.45) is 10.8 Å². The number of rotatable bonds is 4. The van der Waals surface area contributed by atoms with Crippen LogP contribution in [-0.2, 0) is 4.74 Å². The smallest absolute Gasteiger partial charge is 0.132 e. The second-order valence-electron chi connectivity index (χ2n) is 7.21. The van der Waals surface area contributed by atoms with Crippen molar-refractivity contribution in [3.63, 3.8) is 0 Å². The molecular formula is C22H22N8O. The van der Waals surface area contributed by atoms with Crippen molar-refractivity contribution in [1.29, 1.82) is 0 Å². The van der Waals surface area contributed by atoms with Crippen molar-refractivity contribution in [1.82, 2.24) is 25.2 Å². The van der Waals surface area contributed by atoms with Crippen LogP contribution in [0.5, 0.6) is 0 Å². The highest BCUT2D eigenvalue weighted by Gasteiger charge is 2.17. The van der Waals surface area contributed by atoms with Crippen molar-refractivity contribution >= 4 is 28.6 Å². The lowest BCUT2D eigenvalue weighted by Crippen LogP contribution is -2.36. The monoisotopic (exact) mass is 414 g/mol. The molecule has 3 N–H and O–H groups in total. The number of nitrogens with zero attached hydrogens (tertiary/aromatic N) is 6. The van der Waals surface area contributed by atoms with Crippen LogP contribution in [0.25, 0.3) is 27.9 Å². The molecular weight excluding hydrogens is 392 g/mol. The Morgan fingerprint density at radius 3 is 2.87 bits per heavy atom. The maximum absolute atomic E-state index is 5.45. The maximum atomic E-state index is 5.45. The average molecular weight is 414 g/mol. The van der Waals surface area contributed by atoms with Gasteiger partial charge in [0, 0.05) is 36.3 Å². The van der Waals surface area contributed by atoms with Crippen LogP contribution in [0.1, 0.15) is 5.56 Å². The Morgan fingerprint density at radius 2 is 2.03 bits per heavy atom. The van der Waals surface area contributed by atoms with E-state index in [2.05, 4.69) is 42.8 Å². The lowest BCUT2D eigenvalue weighted by molar-refractivity contribution is 0.122. The highest BCUT2D eigenvalue weighted by molar-refractivity contribution is 5.95. The number of morpholine rings is 1. The van der Waals surface area contributed by atoms with Gasteiger partial charge in [0.1, 0.15) is 24.2 Å². The number of nitrogens with two attached hydrogens (primary N) is 1.